The van der Waals surface area contributed by atoms with Gasteiger partial charge < -0.3 is 4.90 Å². The highest BCUT2D eigenvalue weighted by Gasteiger charge is 2.18. The number of nitrogens with zero attached hydrogens (tertiary/aromatic N) is 2. The highest BCUT2D eigenvalue weighted by atomic mass is 16.2. The first-order chi connectivity index (χ1) is 14.2. The Morgan fingerprint density at radius 3 is 2.31 bits per heavy atom. The van der Waals surface area contributed by atoms with Crippen LogP contribution in [0, 0.1) is 0 Å². The molecule has 1 heterocycles. The number of aromatic nitrogens is 2. The van der Waals surface area contributed by atoms with Crippen molar-refractivity contribution in [2.24, 2.45) is 0 Å². The molecule has 4 nitrogen and oxygen atoms in total. The summed E-state index contributed by atoms with van der Waals surface area (Å²) in [6.45, 7) is 0.660. The van der Waals surface area contributed by atoms with Crippen molar-refractivity contribution in [3.63, 3.8) is 0 Å². The maximum absolute atomic E-state index is 13.1. The molecule has 0 saturated carbocycles. The number of aromatic amines is 1. The van der Waals surface area contributed by atoms with Crippen molar-refractivity contribution in [2.75, 3.05) is 13.6 Å². The molecule has 0 spiro atoms. The lowest BCUT2D eigenvalue weighted by Crippen LogP contribution is -2.29. The van der Waals surface area contributed by atoms with Gasteiger partial charge in [-0.3, -0.25) is 9.89 Å². The summed E-state index contributed by atoms with van der Waals surface area (Å²) in [5.74, 6) is 0.000734. The van der Waals surface area contributed by atoms with E-state index in [1.807, 2.05) is 85.9 Å². The van der Waals surface area contributed by atoms with Crippen LogP contribution >= 0.6 is 0 Å². The van der Waals surface area contributed by atoms with Crippen LogP contribution in [0.4, 0.5) is 0 Å². The first-order valence-electron chi connectivity index (χ1n) is 9.72. The summed E-state index contributed by atoms with van der Waals surface area (Å²) in [5.41, 5.74) is 5.48. The summed E-state index contributed by atoms with van der Waals surface area (Å²) < 4.78 is 0. The molecule has 0 atom stereocenters. The minimum Gasteiger partial charge on any atom is -0.341 e. The van der Waals surface area contributed by atoms with Crippen molar-refractivity contribution < 1.29 is 4.79 Å². The van der Waals surface area contributed by atoms with E-state index >= 15 is 0 Å². The zero-order chi connectivity index (χ0) is 20.1. The number of rotatable bonds is 6. The largest absolute Gasteiger partial charge is 0.341 e. The lowest BCUT2D eigenvalue weighted by Gasteiger charge is -2.18. The van der Waals surface area contributed by atoms with Crippen LogP contribution in [-0.4, -0.2) is 34.6 Å². The van der Waals surface area contributed by atoms with Gasteiger partial charge in [-0.2, -0.15) is 5.10 Å². The molecular weight excluding hydrogens is 358 g/mol. The van der Waals surface area contributed by atoms with E-state index in [0.717, 1.165) is 28.9 Å². The summed E-state index contributed by atoms with van der Waals surface area (Å²) in [7, 11) is 1.85. The Kier molecular flexibility index (Phi) is 5.52. The number of carbonyl (C=O) groups excluding carboxylic acids is 1. The van der Waals surface area contributed by atoms with Crippen LogP contribution in [-0.2, 0) is 6.42 Å². The molecule has 0 saturated heterocycles. The van der Waals surface area contributed by atoms with Crippen LogP contribution in [0.25, 0.3) is 22.5 Å². The molecular formula is C25H23N3O. The normalized spacial score (nSPS) is 10.7. The summed E-state index contributed by atoms with van der Waals surface area (Å²) in [6.07, 6.45) is 0.825. The van der Waals surface area contributed by atoms with Crippen molar-refractivity contribution in [2.45, 2.75) is 6.42 Å². The number of carbonyl (C=O) groups is 1. The van der Waals surface area contributed by atoms with Gasteiger partial charge in [-0.25, -0.2) is 0 Å². The van der Waals surface area contributed by atoms with Gasteiger partial charge in [0.2, 0.25) is 0 Å². The summed E-state index contributed by atoms with van der Waals surface area (Å²) >= 11 is 0. The first-order valence-corrected chi connectivity index (χ1v) is 9.72. The highest BCUT2D eigenvalue weighted by molar-refractivity contribution is 6.00. The standard InChI is InChI=1S/C25H23N3O/c1-28(17-16-19-10-4-2-5-11-19)25(29)22-15-9-8-14-21(22)24-18-23(26-27-24)20-12-6-3-7-13-20/h2-15,18H,16-17H2,1H3,(H,26,27). The Labute approximate surface area is 170 Å². The molecule has 0 aliphatic heterocycles. The van der Waals surface area contributed by atoms with Crippen LogP contribution in [0.3, 0.4) is 0 Å². The molecule has 1 N–H and O–H groups in total. The number of nitrogens with one attached hydrogen (secondary N) is 1. The molecule has 4 heteroatoms. The molecule has 29 heavy (non-hydrogen) atoms. The quantitative estimate of drug-likeness (QED) is 0.508. The van der Waals surface area contributed by atoms with Gasteiger partial charge in [-0.05, 0) is 29.7 Å². The Morgan fingerprint density at radius 1 is 0.897 bits per heavy atom. The Balaban J connectivity index is 1.55. The van der Waals surface area contributed by atoms with Gasteiger partial charge in [0.15, 0.2) is 0 Å². The van der Waals surface area contributed by atoms with E-state index in [1.54, 1.807) is 4.90 Å². The van der Waals surface area contributed by atoms with Crippen LogP contribution in [0.2, 0.25) is 0 Å². The summed E-state index contributed by atoms with van der Waals surface area (Å²) in [4.78, 5) is 14.9. The summed E-state index contributed by atoms with van der Waals surface area (Å²) in [6, 6.07) is 29.9. The second-order valence-corrected chi connectivity index (χ2v) is 7.04. The molecule has 1 aromatic heterocycles. The van der Waals surface area contributed by atoms with E-state index in [1.165, 1.54) is 5.56 Å². The van der Waals surface area contributed by atoms with Gasteiger partial charge in [-0.1, -0.05) is 78.9 Å². The predicted molar refractivity (Wildman–Crippen MR) is 117 cm³/mol. The van der Waals surface area contributed by atoms with Gasteiger partial charge >= 0.3 is 0 Å². The number of amides is 1. The van der Waals surface area contributed by atoms with Crippen LogP contribution in [0.1, 0.15) is 15.9 Å². The Hall–Kier alpha value is -3.66. The fourth-order valence-electron chi connectivity index (χ4n) is 3.37. The van der Waals surface area contributed by atoms with Crippen molar-refractivity contribution >= 4 is 5.91 Å². The zero-order valence-corrected chi connectivity index (χ0v) is 16.4. The second kappa shape index (κ2) is 8.57. The third-order valence-corrected chi connectivity index (χ3v) is 5.02. The first kappa shape index (κ1) is 18.7. The molecule has 0 radical (unpaired) electrons. The minimum absolute atomic E-state index is 0.000734. The zero-order valence-electron chi connectivity index (χ0n) is 16.4. The van der Waals surface area contributed by atoms with Crippen molar-refractivity contribution in [1.82, 2.24) is 15.1 Å². The van der Waals surface area contributed by atoms with Crippen molar-refractivity contribution in [1.29, 1.82) is 0 Å². The number of H-pyrrole nitrogens is 1. The average molecular weight is 381 g/mol. The molecule has 0 unspecified atom stereocenters. The van der Waals surface area contributed by atoms with Gasteiger partial charge in [0.05, 0.1) is 11.4 Å². The summed E-state index contributed by atoms with van der Waals surface area (Å²) in [5, 5.41) is 7.55. The lowest BCUT2D eigenvalue weighted by atomic mass is 10.0. The molecule has 1 amide bonds. The predicted octanol–water partition coefficient (Wildman–Crippen LogP) is 5.06. The second-order valence-electron chi connectivity index (χ2n) is 7.04. The minimum atomic E-state index is 0.000734. The third kappa shape index (κ3) is 4.27. The van der Waals surface area contributed by atoms with E-state index < -0.39 is 0 Å². The fraction of sp³-hybridized carbons (Fsp3) is 0.120. The SMILES string of the molecule is CN(CCc1ccccc1)C(=O)c1ccccc1-c1cc(-c2ccccc2)[nH]n1. The smallest absolute Gasteiger partial charge is 0.254 e. The number of hydrogen-bond donors (Lipinski definition) is 1. The van der Waals surface area contributed by atoms with Crippen LogP contribution in [0.15, 0.2) is 91.0 Å². The van der Waals surface area contributed by atoms with Crippen LogP contribution < -0.4 is 0 Å². The van der Waals surface area contributed by atoms with E-state index in [9.17, 15) is 4.79 Å². The van der Waals surface area contributed by atoms with Gasteiger partial charge in [0.25, 0.3) is 5.91 Å². The fourth-order valence-corrected chi connectivity index (χ4v) is 3.37. The number of benzene rings is 3. The Bertz CT molecular complexity index is 1090. The molecule has 0 aliphatic carbocycles. The topological polar surface area (TPSA) is 49.0 Å². The maximum atomic E-state index is 13.1. The molecule has 0 fully saturated rings. The number of hydrogen-bond acceptors (Lipinski definition) is 2. The van der Waals surface area contributed by atoms with E-state index in [0.29, 0.717) is 12.1 Å². The van der Waals surface area contributed by atoms with Gasteiger partial charge in [-0.15, -0.1) is 0 Å². The third-order valence-electron chi connectivity index (χ3n) is 5.02. The number of likely N-dealkylation sites (N-methyl/N-ethyl adjacent to an activating group) is 1. The van der Waals surface area contributed by atoms with E-state index in [2.05, 4.69) is 22.3 Å². The lowest BCUT2D eigenvalue weighted by molar-refractivity contribution is 0.0797. The average Bonchev–Trinajstić information content (AvgIpc) is 3.28. The molecule has 4 aromatic rings. The molecule has 3 aromatic carbocycles. The van der Waals surface area contributed by atoms with Gasteiger partial charge in [0, 0.05) is 24.7 Å². The molecule has 0 aliphatic rings. The Morgan fingerprint density at radius 2 is 1.55 bits per heavy atom. The maximum Gasteiger partial charge on any atom is 0.254 e. The van der Waals surface area contributed by atoms with Crippen molar-refractivity contribution in [3.05, 3.63) is 102 Å². The van der Waals surface area contributed by atoms with Gasteiger partial charge in [0.1, 0.15) is 0 Å². The molecule has 144 valence electrons. The van der Waals surface area contributed by atoms with Crippen molar-refractivity contribution in [3.8, 4) is 22.5 Å². The molecule has 4 rings (SSSR count). The van der Waals surface area contributed by atoms with E-state index in [4.69, 9.17) is 0 Å². The monoisotopic (exact) mass is 381 g/mol. The molecule has 0 bridgehead atoms. The highest BCUT2D eigenvalue weighted by Crippen LogP contribution is 2.27. The van der Waals surface area contributed by atoms with E-state index in [-0.39, 0.29) is 5.91 Å². The van der Waals surface area contributed by atoms with Crippen LogP contribution in [0.5, 0.6) is 0 Å².